The summed E-state index contributed by atoms with van der Waals surface area (Å²) in [6.07, 6.45) is 3.43. The molecule has 0 aromatic carbocycles. The first-order chi connectivity index (χ1) is 7.68. The van der Waals surface area contributed by atoms with Crippen molar-refractivity contribution in [2.75, 3.05) is 18.8 Å². The number of aryl methyl sites for hydroxylation is 1. The van der Waals surface area contributed by atoms with E-state index in [0.717, 1.165) is 25.9 Å². The first kappa shape index (κ1) is 10.9. The van der Waals surface area contributed by atoms with Gasteiger partial charge in [-0.2, -0.15) is 5.10 Å². The standard InChI is InChI=1S/C10H17N5O/c1-15-9(11)8(6-13-15)10(16)14-7-2-4-12-5-3-7/h6-7,12H,2-5,11H2,1H3,(H,14,16). The summed E-state index contributed by atoms with van der Waals surface area (Å²) >= 11 is 0. The van der Waals surface area contributed by atoms with Crippen LogP contribution >= 0.6 is 0 Å². The van der Waals surface area contributed by atoms with E-state index in [1.165, 1.54) is 10.9 Å². The van der Waals surface area contributed by atoms with Crippen LogP contribution in [0.25, 0.3) is 0 Å². The molecule has 1 aromatic heterocycles. The Morgan fingerprint density at radius 3 is 2.88 bits per heavy atom. The first-order valence-corrected chi connectivity index (χ1v) is 5.47. The zero-order valence-corrected chi connectivity index (χ0v) is 9.36. The van der Waals surface area contributed by atoms with Crippen LogP contribution in [0.15, 0.2) is 6.20 Å². The smallest absolute Gasteiger partial charge is 0.256 e. The number of piperidine rings is 1. The van der Waals surface area contributed by atoms with Gasteiger partial charge in [0.1, 0.15) is 11.4 Å². The lowest BCUT2D eigenvalue weighted by atomic mass is 10.1. The number of carbonyl (C=O) groups excluding carboxylic acids is 1. The lowest BCUT2D eigenvalue weighted by Crippen LogP contribution is -2.42. The van der Waals surface area contributed by atoms with Gasteiger partial charge in [0.25, 0.3) is 5.91 Å². The minimum Gasteiger partial charge on any atom is -0.383 e. The van der Waals surface area contributed by atoms with Crippen molar-refractivity contribution in [2.24, 2.45) is 7.05 Å². The number of hydrogen-bond acceptors (Lipinski definition) is 4. The Kier molecular flexibility index (Phi) is 3.09. The summed E-state index contributed by atoms with van der Waals surface area (Å²) in [7, 11) is 1.72. The monoisotopic (exact) mass is 223 g/mol. The molecule has 6 nitrogen and oxygen atoms in total. The van der Waals surface area contributed by atoms with E-state index in [0.29, 0.717) is 11.4 Å². The predicted molar refractivity (Wildman–Crippen MR) is 61.0 cm³/mol. The van der Waals surface area contributed by atoms with Crippen LogP contribution in [0.3, 0.4) is 0 Å². The van der Waals surface area contributed by atoms with E-state index < -0.39 is 0 Å². The van der Waals surface area contributed by atoms with E-state index in [9.17, 15) is 4.79 Å². The van der Waals surface area contributed by atoms with Gasteiger partial charge in [0, 0.05) is 13.1 Å². The Morgan fingerprint density at radius 1 is 1.62 bits per heavy atom. The molecule has 4 N–H and O–H groups in total. The van der Waals surface area contributed by atoms with Crippen LogP contribution in [-0.2, 0) is 7.05 Å². The highest BCUT2D eigenvalue weighted by Gasteiger charge is 2.19. The molecule has 0 bridgehead atoms. The van der Waals surface area contributed by atoms with Crippen molar-refractivity contribution >= 4 is 11.7 Å². The van der Waals surface area contributed by atoms with Gasteiger partial charge in [-0.1, -0.05) is 0 Å². The lowest BCUT2D eigenvalue weighted by Gasteiger charge is -2.23. The number of nitrogen functional groups attached to an aromatic ring is 1. The van der Waals surface area contributed by atoms with Crippen LogP contribution in [-0.4, -0.2) is 34.8 Å². The number of aromatic nitrogens is 2. The fourth-order valence-electron chi connectivity index (χ4n) is 1.85. The molecule has 16 heavy (non-hydrogen) atoms. The third kappa shape index (κ3) is 2.16. The molecule has 1 aliphatic heterocycles. The van der Waals surface area contributed by atoms with Crippen LogP contribution in [0.2, 0.25) is 0 Å². The van der Waals surface area contributed by atoms with Gasteiger partial charge in [0.15, 0.2) is 0 Å². The number of hydrogen-bond donors (Lipinski definition) is 3. The number of carbonyl (C=O) groups is 1. The maximum absolute atomic E-state index is 11.9. The zero-order valence-electron chi connectivity index (χ0n) is 9.36. The van der Waals surface area contributed by atoms with Gasteiger partial charge in [-0.3, -0.25) is 9.48 Å². The average molecular weight is 223 g/mol. The molecule has 2 rings (SSSR count). The topological polar surface area (TPSA) is 85.0 Å². The summed E-state index contributed by atoms with van der Waals surface area (Å²) in [5.74, 6) is 0.281. The van der Waals surface area contributed by atoms with Gasteiger partial charge in [-0.15, -0.1) is 0 Å². The number of nitrogens with one attached hydrogen (secondary N) is 2. The van der Waals surface area contributed by atoms with Crippen molar-refractivity contribution < 1.29 is 4.79 Å². The van der Waals surface area contributed by atoms with Crippen molar-refractivity contribution in [3.8, 4) is 0 Å². The van der Waals surface area contributed by atoms with Crippen LogP contribution in [0, 0.1) is 0 Å². The Balaban J connectivity index is 1.99. The van der Waals surface area contributed by atoms with E-state index in [-0.39, 0.29) is 11.9 Å². The molecule has 1 amide bonds. The molecule has 88 valence electrons. The van der Waals surface area contributed by atoms with Crippen molar-refractivity contribution in [1.82, 2.24) is 20.4 Å². The minimum absolute atomic E-state index is 0.127. The molecule has 1 saturated heterocycles. The summed E-state index contributed by atoms with van der Waals surface area (Å²) in [6.45, 7) is 1.90. The van der Waals surface area contributed by atoms with Gasteiger partial charge in [0.2, 0.25) is 0 Å². The fraction of sp³-hybridized carbons (Fsp3) is 0.600. The average Bonchev–Trinajstić information content (AvgIpc) is 2.61. The molecule has 0 unspecified atom stereocenters. The molecule has 2 heterocycles. The maximum atomic E-state index is 11.9. The molecule has 0 aliphatic carbocycles. The molecular formula is C10H17N5O. The second-order valence-corrected chi connectivity index (χ2v) is 4.06. The number of amides is 1. The number of nitrogens with zero attached hydrogens (tertiary/aromatic N) is 2. The third-order valence-electron chi connectivity index (χ3n) is 2.90. The summed E-state index contributed by atoms with van der Waals surface area (Å²) in [5.41, 5.74) is 6.20. The molecular weight excluding hydrogens is 206 g/mol. The van der Waals surface area contributed by atoms with E-state index in [4.69, 9.17) is 5.73 Å². The molecule has 0 radical (unpaired) electrons. The number of nitrogens with two attached hydrogens (primary N) is 1. The largest absolute Gasteiger partial charge is 0.383 e. The molecule has 1 aliphatic rings. The van der Waals surface area contributed by atoms with E-state index in [1.807, 2.05) is 0 Å². The second-order valence-electron chi connectivity index (χ2n) is 4.06. The van der Waals surface area contributed by atoms with Crippen molar-refractivity contribution in [3.05, 3.63) is 11.8 Å². The van der Waals surface area contributed by atoms with E-state index in [1.54, 1.807) is 7.05 Å². The van der Waals surface area contributed by atoms with Crippen molar-refractivity contribution in [1.29, 1.82) is 0 Å². The fourth-order valence-corrected chi connectivity index (χ4v) is 1.85. The minimum atomic E-state index is -0.127. The summed E-state index contributed by atoms with van der Waals surface area (Å²) in [5, 5.41) is 10.2. The van der Waals surface area contributed by atoms with Crippen LogP contribution in [0.4, 0.5) is 5.82 Å². The third-order valence-corrected chi connectivity index (χ3v) is 2.90. The maximum Gasteiger partial charge on any atom is 0.256 e. The van der Waals surface area contributed by atoms with Gasteiger partial charge in [0.05, 0.1) is 6.20 Å². The molecule has 0 saturated carbocycles. The van der Waals surface area contributed by atoms with E-state index >= 15 is 0 Å². The molecule has 1 aromatic rings. The summed E-state index contributed by atoms with van der Waals surface area (Å²) in [4.78, 5) is 11.9. The second kappa shape index (κ2) is 4.52. The normalized spacial score (nSPS) is 17.3. The summed E-state index contributed by atoms with van der Waals surface area (Å²) in [6, 6.07) is 0.244. The van der Waals surface area contributed by atoms with Gasteiger partial charge >= 0.3 is 0 Å². The number of anilines is 1. The Hall–Kier alpha value is -1.56. The lowest BCUT2D eigenvalue weighted by molar-refractivity contribution is 0.0930. The first-order valence-electron chi connectivity index (χ1n) is 5.47. The van der Waals surface area contributed by atoms with Gasteiger partial charge in [-0.05, 0) is 25.9 Å². The zero-order chi connectivity index (χ0) is 11.5. The Morgan fingerprint density at radius 2 is 2.31 bits per heavy atom. The van der Waals surface area contributed by atoms with Gasteiger partial charge in [-0.25, -0.2) is 0 Å². The summed E-state index contributed by atoms with van der Waals surface area (Å²) < 4.78 is 1.50. The van der Waals surface area contributed by atoms with Crippen molar-refractivity contribution in [3.63, 3.8) is 0 Å². The predicted octanol–water partition coefficient (Wildman–Crippen LogP) is -0.516. The van der Waals surface area contributed by atoms with E-state index in [2.05, 4.69) is 15.7 Å². The molecule has 6 heteroatoms. The highest BCUT2D eigenvalue weighted by atomic mass is 16.1. The SMILES string of the molecule is Cn1ncc(C(=O)NC2CCNCC2)c1N. The molecule has 0 atom stereocenters. The van der Waals surface area contributed by atoms with Crippen molar-refractivity contribution in [2.45, 2.75) is 18.9 Å². The Labute approximate surface area is 94.2 Å². The van der Waals surface area contributed by atoms with Crippen LogP contribution in [0.5, 0.6) is 0 Å². The van der Waals surface area contributed by atoms with Crippen LogP contribution < -0.4 is 16.4 Å². The molecule has 1 fully saturated rings. The highest BCUT2D eigenvalue weighted by Crippen LogP contribution is 2.10. The number of rotatable bonds is 2. The quantitative estimate of drug-likeness (QED) is 0.630. The van der Waals surface area contributed by atoms with Gasteiger partial charge < -0.3 is 16.4 Å². The highest BCUT2D eigenvalue weighted by molar-refractivity contribution is 5.98. The molecule has 0 spiro atoms. The Bertz CT molecular complexity index is 381. The van der Waals surface area contributed by atoms with Crippen LogP contribution in [0.1, 0.15) is 23.2 Å².